The molecule has 1 aliphatic heterocycles. The van der Waals surface area contributed by atoms with E-state index in [0.29, 0.717) is 13.0 Å². The average molecular weight is 338 g/mol. The monoisotopic (exact) mass is 338 g/mol. The maximum atomic E-state index is 12.0. The molecule has 2 aromatic rings. The van der Waals surface area contributed by atoms with Crippen molar-refractivity contribution in [2.45, 2.75) is 46.6 Å². The third-order valence-electron chi connectivity index (χ3n) is 4.31. The summed E-state index contributed by atoms with van der Waals surface area (Å²) in [6.45, 7) is 8.78. The van der Waals surface area contributed by atoms with E-state index >= 15 is 0 Å². The van der Waals surface area contributed by atoms with Crippen molar-refractivity contribution in [3.05, 3.63) is 47.7 Å². The first-order valence-electron chi connectivity index (χ1n) is 8.81. The molecule has 1 N–H and O–H groups in total. The number of ether oxygens (including phenoxy) is 1. The molecule has 132 valence electrons. The van der Waals surface area contributed by atoms with Crippen molar-refractivity contribution in [1.29, 1.82) is 0 Å². The number of carbonyl (C=O) groups is 1. The minimum absolute atomic E-state index is 0.00669. The lowest BCUT2D eigenvalue weighted by Crippen LogP contribution is -2.36. The molecule has 0 spiro atoms. The zero-order valence-electron chi connectivity index (χ0n) is 15.4. The molecule has 3 rings (SSSR count). The molecule has 0 fully saturated rings. The molecule has 2 heterocycles. The van der Waals surface area contributed by atoms with Gasteiger partial charge in [-0.2, -0.15) is 0 Å². The van der Waals surface area contributed by atoms with Gasteiger partial charge in [-0.15, -0.1) is 0 Å². The highest BCUT2D eigenvalue weighted by Gasteiger charge is 2.27. The molecule has 0 saturated carbocycles. The Morgan fingerprint density at radius 2 is 2.08 bits per heavy atom. The van der Waals surface area contributed by atoms with Gasteiger partial charge in [-0.1, -0.05) is 39.0 Å². The van der Waals surface area contributed by atoms with Crippen LogP contribution in [-0.2, 0) is 11.2 Å². The van der Waals surface area contributed by atoms with Crippen molar-refractivity contribution >= 4 is 5.91 Å². The number of carbonyl (C=O) groups excluding carboxylic acids is 1. The zero-order chi connectivity index (χ0) is 18.0. The lowest BCUT2D eigenvalue weighted by molar-refractivity contribution is -0.123. The van der Waals surface area contributed by atoms with Crippen LogP contribution >= 0.6 is 0 Å². The fraction of sp³-hybridized carbons (Fsp3) is 0.429. The number of nitrogens with zero attached hydrogens (tertiary/aromatic N) is 1. The number of hydrogen-bond donors (Lipinski definition) is 1. The number of fused-ring (bicyclic) bond motifs is 1. The summed E-state index contributed by atoms with van der Waals surface area (Å²) in [6, 6.07) is 10.2. The van der Waals surface area contributed by atoms with Crippen LogP contribution in [-0.4, -0.2) is 23.5 Å². The second-order valence-corrected chi connectivity index (χ2v) is 7.95. The van der Waals surface area contributed by atoms with E-state index < -0.39 is 0 Å². The second kappa shape index (κ2) is 6.87. The summed E-state index contributed by atoms with van der Waals surface area (Å²) in [4.78, 5) is 16.6. The molecule has 1 aromatic heterocycles. The fourth-order valence-electron chi connectivity index (χ4n) is 3.18. The smallest absolute Gasteiger partial charge is 0.220 e. The number of pyridine rings is 1. The van der Waals surface area contributed by atoms with Crippen LogP contribution in [0.1, 0.15) is 38.3 Å². The van der Waals surface area contributed by atoms with E-state index in [1.807, 2.05) is 12.1 Å². The molecule has 0 saturated heterocycles. The van der Waals surface area contributed by atoms with Crippen molar-refractivity contribution in [3.8, 4) is 17.0 Å². The molecular weight excluding hydrogens is 312 g/mol. The van der Waals surface area contributed by atoms with Crippen LogP contribution in [0.4, 0.5) is 0 Å². The fourth-order valence-corrected chi connectivity index (χ4v) is 3.18. The molecule has 0 aliphatic carbocycles. The molecule has 25 heavy (non-hydrogen) atoms. The molecule has 1 aliphatic rings. The maximum Gasteiger partial charge on any atom is 0.220 e. The van der Waals surface area contributed by atoms with E-state index in [1.54, 1.807) is 6.20 Å². The third-order valence-corrected chi connectivity index (χ3v) is 4.31. The van der Waals surface area contributed by atoms with Gasteiger partial charge in [0.05, 0.1) is 12.2 Å². The molecule has 1 aromatic carbocycles. The van der Waals surface area contributed by atoms with Gasteiger partial charge < -0.3 is 10.1 Å². The molecular formula is C21H26N2O2. The number of aromatic nitrogens is 1. The number of benzene rings is 1. The molecule has 4 heteroatoms. The van der Waals surface area contributed by atoms with Crippen molar-refractivity contribution in [1.82, 2.24) is 10.3 Å². The molecule has 4 nitrogen and oxygen atoms in total. The SMILES string of the molecule is Cc1cccnc1-c1cccc2c1O[C@H](CNC(=O)CC(C)(C)C)C2. The summed E-state index contributed by atoms with van der Waals surface area (Å²) in [5.74, 6) is 0.979. The van der Waals surface area contributed by atoms with E-state index in [9.17, 15) is 4.79 Å². The van der Waals surface area contributed by atoms with Gasteiger partial charge in [-0.25, -0.2) is 0 Å². The summed E-state index contributed by atoms with van der Waals surface area (Å²) in [6.07, 6.45) is 3.11. The highest BCUT2D eigenvalue weighted by Crippen LogP contribution is 2.38. The summed E-state index contributed by atoms with van der Waals surface area (Å²) >= 11 is 0. The van der Waals surface area contributed by atoms with Crippen LogP contribution in [0.15, 0.2) is 36.5 Å². The molecule has 1 atom stereocenters. The van der Waals surface area contributed by atoms with Crippen molar-refractivity contribution < 1.29 is 9.53 Å². The number of nitrogens with one attached hydrogen (secondary N) is 1. The van der Waals surface area contributed by atoms with E-state index in [4.69, 9.17) is 4.74 Å². The standard InChI is InChI=1S/C21H26N2O2/c1-14-7-6-10-22-19(14)17-9-5-8-15-11-16(25-20(15)17)13-23-18(24)12-21(2,3)4/h5-10,16H,11-13H2,1-4H3,(H,23,24)/t16-/m0/s1. The first kappa shape index (κ1) is 17.5. The maximum absolute atomic E-state index is 12.0. The highest BCUT2D eigenvalue weighted by molar-refractivity contribution is 5.76. The van der Waals surface area contributed by atoms with Crippen LogP contribution in [0.2, 0.25) is 0 Å². The van der Waals surface area contributed by atoms with Gasteiger partial charge in [0.25, 0.3) is 0 Å². The molecule has 0 unspecified atom stereocenters. The van der Waals surface area contributed by atoms with E-state index in [-0.39, 0.29) is 17.4 Å². The number of aryl methyl sites for hydroxylation is 1. The normalized spacial score (nSPS) is 16.2. The Labute approximate surface area is 149 Å². The van der Waals surface area contributed by atoms with E-state index in [0.717, 1.165) is 29.0 Å². The van der Waals surface area contributed by atoms with Crippen molar-refractivity contribution in [3.63, 3.8) is 0 Å². The topological polar surface area (TPSA) is 51.2 Å². The van der Waals surface area contributed by atoms with Gasteiger partial charge >= 0.3 is 0 Å². The number of amides is 1. The predicted molar refractivity (Wildman–Crippen MR) is 99.6 cm³/mol. The Balaban J connectivity index is 1.70. The van der Waals surface area contributed by atoms with E-state index in [2.05, 4.69) is 56.2 Å². The summed E-state index contributed by atoms with van der Waals surface area (Å²) < 4.78 is 6.17. The summed E-state index contributed by atoms with van der Waals surface area (Å²) in [5.41, 5.74) is 4.28. The third kappa shape index (κ3) is 4.19. The lowest BCUT2D eigenvalue weighted by Gasteiger charge is -2.19. The van der Waals surface area contributed by atoms with Crippen molar-refractivity contribution in [2.24, 2.45) is 5.41 Å². The Hall–Kier alpha value is -2.36. The minimum atomic E-state index is -0.0240. The number of para-hydroxylation sites is 1. The van der Waals surface area contributed by atoms with Crippen LogP contribution in [0.3, 0.4) is 0 Å². The van der Waals surface area contributed by atoms with Crippen LogP contribution < -0.4 is 10.1 Å². The van der Waals surface area contributed by atoms with Gasteiger partial charge in [0.15, 0.2) is 0 Å². The van der Waals surface area contributed by atoms with Gasteiger partial charge in [-0.05, 0) is 35.6 Å². The summed E-state index contributed by atoms with van der Waals surface area (Å²) in [5, 5.41) is 3.01. The quantitative estimate of drug-likeness (QED) is 0.919. The minimum Gasteiger partial charge on any atom is -0.487 e. The average Bonchev–Trinajstić information content (AvgIpc) is 2.95. The van der Waals surface area contributed by atoms with E-state index in [1.165, 1.54) is 5.56 Å². The molecule has 1 amide bonds. The van der Waals surface area contributed by atoms with Crippen molar-refractivity contribution in [2.75, 3.05) is 6.54 Å². The van der Waals surface area contributed by atoms with Crippen LogP contribution in [0, 0.1) is 12.3 Å². The molecule has 0 bridgehead atoms. The van der Waals surface area contributed by atoms with Crippen LogP contribution in [0.5, 0.6) is 5.75 Å². The Bertz CT molecular complexity index is 778. The zero-order valence-corrected chi connectivity index (χ0v) is 15.4. The first-order valence-corrected chi connectivity index (χ1v) is 8.81. The number of rotatable bonds is 4. The second-order valence-electron chi connectivity index (χ2n) is 7.95. The Morgan fingerprint density at radius 3 is 2.80 bits per heavy atom. The highest BCUT2D eigenvalue weighted by atomic mass is 16.5. The summed E-state index contributed by atoms with van der Waals surface area (Å²) in [7, 11) is 0. The molecule has 0 radical (unpaired) electrons. The first-order chi connectivity index (χ1) is 11.8. The lowest BCUT2D eigenvalue weighted by atomic mass is 9.92. The largest absolute Gasteiger partial charge is 0.487 e. The Kier molecular flexibility index (Phi) is 4.80. The Morgan fingerprint density at radius 1 is 1.28 bits per heavy atom. The van der Waals surface area contributed by atoms with Gasteiger partial charge in [-0.3, -0.25) is 9.78 Å². The van der Waals surface area contributed by atoms with Crippen LogP contribution in [0.25, 0.3) is 11.3 Å². The van der Waals surface area contributed by atoms with Gasteiger partial charge in [0, 0.05) is 24.6 Å². The van der Waals surface area contributed by atoms with Gasteiger partial charge in [0.1, 0.15) is 11.9 Å². The predicted octanol–water partition coefficient (Wildman–Crippen LogP) is 3.91. The number of hydrogen-bond acceptors (Lipinski definition) is 3. The van der Waals surface area contributed by atoms with Gasteiger partial charge in [0.2, 0.25) is 5.91 Å².